The number of aryl methyl sites for hydroxylation is 1. The molecule has 1 aromatic heterocycles. The Balaban J connectivity index is 2.20. The lowest BCUT2D eigenvalue weighted by molar-refractivity contribution is 0.817. The summed E-state index contributed by atoms with van der Waals surface area (Å²) in [5.74, 6) is 0. The Morgan fingerprint density at radius 3 is 2.50 bits per heavy atom. The second-order valence-corrected chi connectivity index (χ2v) is 5.56. The molecule has 5 heteroatoms. The Kier molecular flexibility index (Phi) is 4.22. The van der Waals surface area contributed by atoms with Crippen LogP contribution in [0.1, 0.15) is 24.1 Å². The van der Waals surface area contributed by atoms with Gasteiger partial charge in [-0.2, -0.15) is 0 Å². The number of hydrogen-bond acceptors (Lipinski definition) is 4. The minimum Gasteiger partial charge on any atom is -0.324 e. The van der Waals surface area contributed by atoms with Crippen molar-refractivity contribution in [2.75, 3.05) is 0 Å². The minimum atomic E-state index is -0.0628. The maximum absolute atomic E-state index is 6.18. The van der Waals surface area contributed by atoms with Crippen molar-refractivity contribution < 1.29 is 0 Å². The summed E-state index contributed by atoms with van der Waals surface area (Å²) in [6, 6.07) is 5.77. The highest BCUT2D eigenvalue weighted by Crippen LogP contribution is 2.30. The second kappa shape index (κ2) is 5.69. The molecule has 3 nitrogen and oxygen atoms in total. The van der Waals surface area contributed by atoms with Gasteiger partial charge in [-0.3, -0.25) is 0 Å². The molecule has 2 aromatic rings. The highest BCUT2D eigenvalue weighted by atomic mass is 35.5. The molecule has 0 saturated carbocycles. The highest BCUT2D eigenvalue weighted by Gasteiger charge is 2.07. The lowest BCUT2D eigenvalue weighted by Crippen LogP contribution is -2.05. The fourth-order valence-corrected chi connectivity index (χ4v) is 2.63. The van der Waals surface area contributed by atoms with Gasteiger partial charge in [-0.15, -0.1) is 0 Å². The van der Waals surface area contributed by atoms with Gasteiger partial charge in [-0.05, 0) is 48.9 Å². The molecule has 1 aromatic carbocycles. The van der Waals surface area contributed by atoms with Crippen LogP contribution in [0.2, 0.25) is 5.02 Å². The summed E-state index contributed by atoms with van der Waals surface area (Å²) in [7, 11) is 0. The summed E-state index contributed by atoms with van der Waals surface area (Å²) < 4.78 is 0. The zero-order valence-corrected chi connectivity index (χ0v) is 11.8. The highest BCUT2D eigenvalue weighted by molar-refractivity contribution is 7.99. The van der Waals surface area contributed by atoms with Crippen LogP contribution >= 0.6 is 23.4 Å². The molecular weight excluding hydrogens is 266 g/mol. The lowest BCUT2D eigenvalue weighted by Gasteiger charge is -2.09. The lowest BCUT2D eigenvalue weighted by atomic mass is 10.1. The number of rotatable bonds is 3. The normalized spacial score (nSPS) is 12.4. The van der Waals surface area contributed by atoms with Crippen molar-refractivity contribution >= 4 is 23.4 Å². The molecule has 1 unspecified atom stereocenters. The van der Waals surface area contributed by atoms with E-state index in [1.165, 1.54) is 11.8 Å². The standard InChI is InChI=1S/C13H14ClN3S/c1-8-6-16-13(17-7-8)18-10-3-4-11(9(2)15)12(14)5-10/h3-7,9H,15H2,1-2H3. The van der Waals surface area contributed by atoms with Crippen molar-refractivity contribution in [2.45, 2.75) is 29.9 Å². The van der Waals surface area contributed by atoms with Crippen molar-refractivity contribution in [2.24, 2.45) is 5.73 Å². The van der Waals surface area contributed by atoms with Gasteiger partial charge in [0.1, 0.15) is 0 Å². The Labute approximate surface area is 116 Å². The molecule has 2 N–H and O–H groups in total. The first-order chi connectivity index (χ1) is 8.56. The molecule has 1 atom stereocenters. The van der Waals surface area contributed by atoms with Gasteiger partial charge in [0.05, 0.1) is 0 Å². The van der Waals surface area contributed by atoms with Gasteiger partial charge in [-0.1, -0.05) is 17.7 Å². The van der Waals surface area contributed by atoms with Gasteiger partial charge in [0, 0.05) is 28.4 Å². The zero-order chi connectivity index (χ0) is 13.1. The fourth-order valence-electron chi connectivity index (χ4n) is 1.48. The van der Waals surface area contributed by atoms with Gasteiger partial charge in [0.2, 0.25) is 0 Å². The Morgan fingerprint density at radius 1 is 1.28 bits per heavy atom. The molecule has 0 aliphatic rings. The van der Waals surface area contributed by atoms with Crippen LogP contribution in [-0.4, -0.2) is 9.97 Å². The van der Waals surface area contributed by atoms with Crippen LogP contribution in [0.25, 0.3) is 0 Å². The third kappa shape index (κ3) is 3.22. The largest absolute Gasteiger partial charge is 0.324 e. The van der Waals surface area contributed by atoms with Crippen LogP contribution in [-0.2, 0) is 0 Å². The van der Waals surface area contributed by atoms with Crippen molar-refractivity contribution in [3.05, 3.63) is 46.7 Å². The first-order valence-electron chi connectivity index (χ1n) is 5.58. The number of hydrogen-bond donors (Lipinski definition) is 1. The van der Waals surface area contributed by atoms with Gasteiger partial charge < -0.3 is 5.73 Å². The minimum absolute atomic E-state index is 0.0628. The fraction of sp³-hybridized carbons (Fsp3) is 0.231. The molecule has 94 valence electrons. The van der Waals surface area contributed by atoms with E-state index in [0.717, 1.165) is 16.0 Å². The number of benzene rings is 1. The van der Waals surface area contributed by atoms with Crippen molar-refractivity contribution in [3.63, 3.8) is 0 Å². The summed E-state index contributed by atoms with van der Waals surface area (Å²) in [4.78, 5) is 9.50. The quantitative estimate of drug-likeness (QED) is 0.872. The van der Waals surface area contributed by atoms with E-state index >= 15 is 0 Å². The second-order valence-electron chi connectivity index (χ2n) is 4.12. The summed E-state index contributed by atoms with van der Waals surface area (Å²) >= 11 is 7.67. The first kappa shape index (κ1) is 13.3. The molecule has 0 aliphatic carbocycles. The van der Waals surface area contributed by atoms with E-state index < -0.39 is 0 Å². The van der Waals surface area contributed by atoms with Crippen LogP contribution < -0.4 is 5.73 Å². The Bertz CT molecular complexity index is 540. The van der Waals surface area contributed by atoms with Crippen molar-refractivity contribution in [1.29, 1.82) is 0 Å². The average molecular weight is 280 g/mol. The van der Waals surface area contributed by atoms with Crippen LogP contribution in [0, 0.1) is 6.92 Å². The third-order valence-corrected chi connectivity index (χ3v) is 3.64. The molecule has 0 spiro atoms. The van der Waals surface area contributed by atoms with Crippen LogP contribution in [0.4, 0.5) is 0 Å². The number of nitrogens with zero attached hydrogens (tertiary/aromatic N) is 2. The Hall–Kier alpha value is -1.10. The van der Waals surface area contributed by atoms with E-state index in [1.54, 1.807) is 12.4 Å². The van der Waals surface area contributed by atoms with Gasteiger partial charge in [-0.25, -0.2) is 9.97 Å². The summed E-state index contributed by atoms with van der Waals surface area (Å²) in [5.41, 5.74) is 7.81. The van der Waals surface area contributed by atoms with E-state index in [0.29, 0.717) is 10.2 Å². The summed E-state index contributed by atoms with van der Waals surface area (Å²) in [6.45, 7) is 3.87. The van der Waals surface area contributed by atoms with E-state index in [1.807, 2.05) is 32.0 Å². The topological polar surface area (TPSA) is 51.8 Å². The molecule has 2 rings (SSSR count). The van der Waals surface area contributed by atoms with Crippen LogP contribution in [0.5, 0.6) is 0 Å². The van der Waals surface area contributed by atoms with E-state index in [-0.39, 0.29) is 6.04 Å². The van der Waals surface area contributed by atoms with E-state index in [9.17, 15) is 0 Å². The zero-order valence-electron chi connectivity index (χ0n) is 10.2. The maximum Gasteiger partial charge on any atom is 0.192 e. The van der Waals surface area contributed by atoms with Crippen molar-refractivity contribution in [3.8, 4) is 0 Å². The molecule has 0 amide bonds. The van der Waals surface area contributed by atoms with Gasteiger partial charge in [0.15, 0.2) is 5.16 Å². The molecule has 18 heavy (non-hydrogen) atoms. The summed E-state index contributed by atoms with van der Waals surface area (Å²) in [6.07, 6.45) is 3.60. The van der Waals surface area contributed by atoms with Gasteiger partial charge in [0.25, 0.3) is 0 Å². The number of aromatic nitrogens is 2. The first-order valence-corrected chi connectivity index (χ1v) is 6.77. The molecule has 0 saturated heterocycles. The Morgan fingerprint density at radius 2 is 1.94 bits per heavy atom. The van der Waals surface area contributed by atoms with E-state index in [2.05, 4.69) is 9.97 Å². The van der Waals surface area contributed by atoms with Crippen LogP contribution in [0.15, 0.2) is 40.6 Å². The summed E-state index contributed by atoms with van der Waals surface area (Å²) in [5, 5.41) is 1.40. The molecule has 0 aliphatic heterocycles. The third-order valence-electron chi connectivity index (χ3n) is 2.43. The maximum atomic E-state index is 6.18. The average Bonchev–Trinajstić information content (AvgIpc) is 2.32. The van der Waals surface area contributed by atoms with Gasteiger partial charge >= 0.3 is 0 Å². The molecule has 1 heterocycles. The monoisotopic (exact) mass is 279 g/mol. The predicted octanol–water partition coefficient (Wildman–Crippen LogP) is 3.61. The molecule has 0 radical (unpaired) electrons. The molecular formula is C13H14ClN3S. The molecule has 0 bridgehead atoms. The molecule has 0 fully saturated rings. The van der Waals surface area contributed by atoms with Crippen LogP contribution in [0.3, 0.4) is 0 Å². The van der Waals surface area contributed by atoms with E-state index in [4.69, 9.17) is 17.3 Å². The van der Waals surface area contributed by atoms with Crippen molar-refractivity contribution in [1.82, 2.24) is 9.97 Å². The SMILES string of the molecule is Cc1cnc(Sc2ccc(C(C)N)c(Cl)c2)nc1. The number of nitrogens with two attached hydrogens (primary N) is 1. The smallest absolute Gasteiger partial charge is 0.192 e. The number of halogens is 1. The predicted molar refractivity (Wildman–Crippen MR) is 74.9 cm³/mol.